The SMILES string of the molecule is CC1=CC(C)([Si](c2ccc(C)c(N(C)C)c2N(C)C)(c2ccc(C)c(N(C)C)c2N(C)C)c2ccc(C)c(N(C)C)c2N(C)C)C(C)=C1C. The number of nitrogens with zero attached hydrogens (tertiary/aromatic N) is 6. The van der Waals surface area contributed by atoms with Crippen LogP contribution in [-0.4, -0.2) is 92.6 Å². The number of allylic oxidation sites excluding steroid dienone is 4. The second-order valence-electron chi connectivity index (χ2n) is 15.8. The average Bonchev–Trinajstić information content (AvgIpc) is 3.20. The highest BCUT2D eigenvalue weighted by atomic mass is 28.3. The maximum Gasteiger partial charge on any atom is 0.169 e. The molecule has 7 heteroatoms. The van der Waals surface area contributed by atoms with Gasteiger partial charge in [-0.1, -0.05) is 60.5 Å². The van der Waals surface area contributed by atoms with Crippen molar-refractivity contribution in [3.8, 4) is 0 Å². The molecule has 0 bridgehead atoms. The molecule has 0 saturated heterocycles. The summed E-state index contributed by atoms with van der Waals surface area (Å²) in [4.78, 5) is 14.1. The van der Waals surface area contributed by atoms with Gasteiger partial charge in [0.2, 0.25) is 0 Å². The van der Waals surface area contributed by atoms with E-state index in [-0.39, 0.29) is 5.04 Å². The largest absolute Gasteiger partial charge is 0.376 e. The Labute approximate surface area is 300 Å². The van der Waals surface area contributed by atoms with E-state index in [1.807, 2.05) is 0 Å². The Bertz CT molecular complexity index is 1640. The Hall–Kier alpha value is -3.84. The minimum atomic E-state index is -3.22. The summed E-state index contributed by atoms with van der Waals surface area (Å²) < 4.78 is 0. The first kappa shape index (κ1) is 38.0. The van der Waals surface area contributed by atoms with Crippen LogP contribution in [0, 0.1) is 20.8 Å². The molecule has 1 atom stereocenters. The predicted octanol–water partition coefficient (Wildman–Crippen LogP) is 6.53. The van der Waals surface area contributed by atoms with Crippen molar-refractivity contribution in [2.45, 2.75) is 53.5 Å². The number of rotatable bonds is 10. The van der Waals surface area contributed by atoms with E-state index in [9.17, 15) is 0 Å². The first-order chi connectivity index (χ1) is 22.7. The Morgan fingerprint density at radius 2 is 0.673 bits per heavy atom. The summed E-state index contributed by atoms with van der Waals surface area (Å²) in [5.41, 5.74) is 15.8. The molecular weight excluding hydrogens is 617 g/mol. The molecule has 0 N–H and O–H groups in total. The summed E-state index contributed by atoms with van der Waals surface area (Å²) in [7, 11) is 23.4. The fourth-order valence-electron chi connectivity index (χ4n) is 9.00. The lowest BCUT2D eigenvalue weighted by Gasteiger charge is -2.51. The van der Waals surface area contributed by atoms with Gasteiger partial charge >= 0.3 is 0 Å². The Balaban J connectivity index is 2.61. The van der Waals surface area contributed by atoms with Crippen molar-refractivity contribution in [3.63, 3.8) is 0 Å². The molecule has 6 nitrogen and oxygen atoms in total. The molecule has 266 valence electrons. The van der Waals surface area contributed by atoms with Crippen LogP contribution in [0.25, 0.3) is 0 Å². The van der Waals surface area contributed by atoms with Crippen LogP contribution in [0.1, 0.15) is 44.4 Å². The van der Waals surface area contributed by atoms with Crippen molar-refractivity contribution in [1.29, 1.82) is 0 Å². The van der Waals surface area contributed by atoms with Crippen molar-refractivity contribution in [3.05, 3.63) is 75.9 Å². The van der Waals surface area contributed by atoms with Crippen LogP contribution in [0.3, 0.4) is 0 Å². The standard InChI is InChI=1S/C42H64N6Si/c1-27-20-23-33(39(46(14)15)36(27)43(8)9)49(42(7)26-30(4)31(5)32(42)6,34-24-21-28(2)37(44(10)11)40(34)47(16)17)35-25-22-29(3)38(45(12)13)41(35)48(18)19/h20-26H,1-19H3. The summed E-state index contributed by atoms with van der Waals surface area (Å²) in [6, 6.07) is 14.7. The van der Waals surface area contributed by atoms with E-state index in [0.29, 0.717) is 0 Å². The molecule has 3 aromatic carbocycles. The van der Waals surface area contributed by atoms with E-state index < -0.39 is 8.07 Å². The maximum absolute atomic E-state index is 3.22. The van der Waals surface area contributed by atoms with Crippen molar-refractivity contribution in [1.82, 2.24) is 0 Å². The van der Waals surface area contributed by atoms with Crippen LogP contribution < -0.4 is 45.0 Å². The Morgan fingerprint density at radius 1 is 0.408 bits per heavy atom. The summed E-state index contributed by atoms with van der Waals surface area (Å²) >= 11 is 0. The normalized spacial score (nSPS) is 16.2. The molecule has 1 aliphatic carbocycles. The van der Waals surface area contributed by atoms with Gasteiger partial charge in [-0.25, -0.2) is 0 Å². The van der Waals surface area contributed by atoms with Crippen LogP contribution in [0.4, 0.5) is 34.1 Å². The van der Waals surface area contributed by atoms with Crippen LogP contribution >= 0.6 is 0 Å². The lowest BCUT2D eigenvalue weighted by molar-refractivity contribution is 0.868. The quantitative estimate of drug-likeness (QED) is 0.178. The molecule has 0 heterocycles. The molecule has 49 heavy (non-hydrogen) atoms. The third-order valence-corrected chi connectivity index (χ3v) is 16.9. The van der Waals surface area contributed by atoms with Gasteiger partial charge in [0.05, 0.1) is 34.1 Å². The topological polar surface area (TPSA) is 19.4 Å². The van der Waals surface area contributed by atoms with E-state index in [4.69, 9.17) is 0 Å². The van der Waals surface area contributed by atoms with Crippen molar-refractivity contribution < 1.29 is 0 Å². The highest BCUT2D eigenvalue weighted by molar-refractivity contribution is 7.16. The highest BCUT2D eigenvalue weighted by Crippen LogP contribution is 2.56. The molecule has 1 aliphatic rings. The third-order valence-electron chi connectivity index (χ3n) is 11.2. The van der Waals surface area contributed by atoms with Gasteiger partial charge in [-0.15, -0.1) is 0 Å². The molecule has 0 aromatic heterocycles. The van der Waals surface area contributed by atoms with Crippen LogP contribution in [0.5, 0.6) is 0 Å². The third kappa shape index (κ3) is 5.72. The zero-order valence-electron chi connectivity index (χ0n) is 34.2. The summed E-state index contributed by atoms with van der Waals surface area (Å²) in [5, 5.41) is 3.99. The number of hydrogen-bond donors (Lipinski definition) is 0. The fourth-order valence-corrected chi connectivity index (χ4v) is 15.8. The van der Waals surface area contributed by atoms with Gasteiger partial charge in [-0.2, -0.15) is 0 Å². The predicted molar refractivity (Wildman–Crippen MR) is 225 cm³/mol. The monoisotopic (exact) mass is 680 g/mol. The highest BCUT2D eigenvalue weighted by Gasteiger charge is 2.60. The molecule has 0 saturated carbocycles. The Morgan fingerprint density at radius 3 is 0.878 bits per heavy atom. The van der Waals surface area contributed by atoms with Crippen LogP contribution in [-0.2, 0) is 0 Å². The second kappa shape index (κ2) is 13.5. The molecule has 1 unspecified atom stereocenters. The maximum atomic E-state index is 2.64. The Kier molecular flexibility index (Phi) is 10.4. The summed E-state index contributed by atoms with van der Waals surface area (Å²) in [6.45, 7) is 16.4. The van der Waals surface area contributed by atoms with Crippen molar-refractivity contribution in [2.24, 2.45) is 0 Å². The van der Waals surface area contributed by atoms with E-state index in [2.05, 4.69) is 205 Å². The lowest BCUT2D eigenvalue weighted by atomic mass is 10.0. The van der Waals surface area contributed by atoms with Crippen molar-refractivity contribution >= 4 is 57.8 Å². The number of aryl methyl sites for hydroxylation is 3. The van der Waals surface area contributed by atoms with Gasteiger partial charge in [-0.3, -0.25) is 0 Å². The minimum absolute atomic E-state index is 0.308. The smallest absolute Gasteiger partial charge is 0.169 e. The molecule has 0 spiro atoms. The summed E-state index contributed by atoms with van der Waals surface area (Å²) in [6.07, 6.45) is 2.64. The second-order valence-corrected chi connectivity index (χ2v) is 19.9. The molecule has 0 radical (unpaired) electrons. The average molecular weight is 681 g/mol. The van der Waals surface area contributed by atoms with Gasteiger partial charge in [0.15, 0.2) is 8.07 Å². The van der Waals surface area contributed by atoms with Crippen molar-refractivity contribution in [2.75, 3.05) is 114 Å². The van der Waals surface area contributed by atoms with Gasteiger partial charge < -0.3 is 29.4 Å². The number of hydrogen-bond acceptors (Lipinski definition) is 6. The van der Waals surface area contributed by atoms with Crippen LogP contribution in [0.15, 0.2) is 59.2 Å². The zero-order valence-corrected chi connectivity index (χ0v) is 35.2. The fraction of sp³-hybridized carbons (Fsp3) is 0.476. The van der Waals surface area contributed by atoms with E-state index >= 15 is 0 Å². The van der Waals surface area contributed by atoms with Gasteiger partial charge in [0.1, 0.15) is 0 Å². The molecule has 0 fully saturated rings. The number of benzene rings is 3. The van der Waals surface area contributed by atoms with Gasteiger partial charge in [0, 0.05) is 89.6 Å². The minimum Gasteiger partial charge on any atom is -0.376 e. The molecule has 0 amide bonds. The molecule has 3 aromatic rings. The van der Waals surface area contributed by atoms with Crippen LogP contribution in [0.2, 0.25) is 5.04 Å². The summed E-state index contributed by atoms with van der Waals surface area (Å²) in [5.74, 6) is 0. The van der Waals surface area contributed by atoms with Gasteiger partial charge in [-0.05, 0) is 79.4 Å². The van der Waals surface area contributed by atoms with E-state index in [1.54, 1.807) is 0 Å². The van der Waals surface area contributed by atoms with Gasteiger partial charge in [0.25, 0.3) is 0 Å². The molecular formula is C42H64N6Si. The zero-order chi connectivity index (χ0) is 37.1. The van der Waals surface area contributed by atoms with E-state index in [1.165, 1.54) is 83.1 Å². The van der Waals surface area contributed by atoms with E-state index in [0.717, 1.165) is 0 Å². The molecule has 0 aliphatic heterocycles. The first-order valence-corrected chi connectivity index (χ1v) is 19.5. The lowest BCUT2D eigenvalue weighted by Crippen LogP contribution is -2.74. The number of anilines is 6. The molecule has 4 rings (SSSR count). The first-order valence-electron chi connectivity index (χ1n) is 17.5.